The summed E-state index contributed by atoms with van der Waals surface area (Å²) < 4.78 is 21.6. The third kappa shape index (κ3) is 2.55. The van der Waals surface area contributed by atoms with Gasteiger partial charge in [-0.05, 0) is 26.7 Å². The van der Waals surface area contributed by atoms with Crippen molar-refractivity contribution >= 4 is 15.7 Å². The van der Waals surface area contributed by atoms with Crippen molar-refractivity contribution in [3.05, 3.63) is 0 Å². The van der Waals surface area contributed by atoms with Gasteiger partial charge in [-0.2, -0.15) is 0 Å². The van der Waals surface area contributed by atoms with Crippen LogP contribution in [0.15, 0.2) is 0 Å². The zero-order chi connectivity index (χ0) is 12.6. The van der Waals surface area contributed by atoms with Crippen molar-refractivity contribution in [1.29, 1.82) is 0 Å². The van der Waals surface area contributed by atoms with Gasteiger partial charge in [-0.3, -0.25) is 4.79 Å². The molecule has 1 aliphatic rings. The maximum atomic E-state index is 12.0. The van der Waals surface area contributed by atoms with Crippen molar-refractivity contribution in [1.82, 2.24) is 4.90 Å². The number of aliphatic hydroxyl groups is 1. The van der Waals surface area contributed by atoms with Crippen LogP contribution in [0.3, 0.4) is 0 Å². The van der Waals surface area contributed by atoms with E-state index in [9.17, 15) is 18.3 Å². The molecular weight excluding hydrogens is 230 g/mol. The van der Waals surface area contributed by atoms with Gasteiger partial charge >= 0.3 is 0 Å². The van der Waals surface area contributed by atoms with Gasteiger partial charge in [0.15, 0.2) is 9.84 Å². The molecule has 6 heteroatoms. The molecule has 16 heavy (non-hydrogen) atoms. The van der Waals surface area contributed by atoms with E-state index in [4.69, 9.17) is 0 Å². The van der Waals surface area contributed by atoms with Crippen LogP contribution in [0.5, 0.6) is 0 Å². The summed E-state index contributed by atoms with van der Waals surface area (Å²) in [6.45, 7) is 3.57. The van der Waals surface area contributed by atoms with Crippen molar-refractivity contribution in [2.24, 2.45) is 0 Å². The second-order valence-electron chi connectivity index (χ2n) is 4.83. The summed E-state index contributed by atoms with van der Waals surface area (Å²) >= 11 is 0. The number of piperidine rings is 1. The molecule has 1 atom stereocenters. The molecule has 1 N–H and O–H groups in total. The van der Waals surface area contributed by atoms with Gasteiger partial charge in [0, 0.05) is 19.3 Å². The highest BCUT2D eigenvalue weighted by molar-refractivity contribution is 7.92. The summed E-state index contributed by atoms with van der Waals surface area (Å²) in [7, 11) is -3.44. The van der Waals surface area contributed by atoms with Gasteiger partial charge in [-0.15, -0.1) is 0 Å². The van der Waals surface area contributed by atoms with Gasteiger partial charge in [-0.25, -0.2) is 8.42 Å². The Morgan fingerprint density at radius 2 is 2.00 bits per heavy atom. The van der Waals surface area contributed by atoms with Crippen LogP contribution in [0.25, 0.3) is 0 Å². The maximum Gasteiger partial charge on any atom is 0.243 e. The number of hydrogen-bond donors (Lipinski definition) is 1. The van der Waals surface area contributed by atoms with Gasteiger partial charge in [-0.1, -0.05) is 0 Å². The topological polar surface area (TPSA) is 74.7 Å². The first kappa shape index (κ1) is 13.4. The quantitative estimate of drug-likeness (QED) is 0.735. The van der Waals surface area contributed by atoms with Crippen LogP contribution in [0.2, 0.25) is 0 Å². The first-order chi connectivity index (χ1) is 7.16. The fraction of sp³-hybridized carbons (Fsp3) is 0.900. The number of nitrogens with zero attached hydrogens (tertiary/aromatic N) is 1. The molecule has 1 heterocycles. The molecule has 0 saturated carbocycles. The lowest BCUT2D eigenvalue weighted by Crippen LogP contribution is -2.53. The zero-order valence-corrected chi connectivity index (χ0v) is 10.7. The second-order valence-corrected chi connectivity index (χ2v) is 7.39. The van der Waals surface area contributed by atoms with E-state index in [-0.39, 0.29) is 6.54 Å². The molecule has 0 spiro atoms. The van der Waals surface area contributed by atoms with Crippen LogP contribution < -0.4 is 0 Å². The summed E-state index contributed by atoms with van der Waals surface area (Å²) in [5, 5.41) is 9.45. The predicted molar refractivity (Wildman–Crippen MR) is 60.7 cm³/mol. The second kappa shape index (κ2) is 4.33. The van der Waals surface area contributed by atoms with E-state index in [1.54, 1.807) is 0 Å². The smallest absolute Gasteiger partial charge is 0.243 e. The van der Waals surface area contributed by atoms with E-state index >= 15 is 0 Å². The molecule has 0 radical (unpaired) electrons. The van der Waals surface area contributed by atoms with E-state index in [1.807, 2.05) is 0 Å². The van der Waals surface area contributed by atoms with Gasteiger partial charge in [0.25, 0.3) is 0 Å². The first-order valence-corrected chi connectivity index (χ1v) is 7.22. The van der Waals surface area contributed by atoms with Crippen molar-refractivity contribution in [3.8, 4) is 0 Å². The Morgan fingerprint density at radius 3 is 2.44 bits per heavy atom. The molecule has 0 aromatic heterocycles. The highest BCUT2D eigenvalue weighted by Crippen LogP contribution is 2.21. The van der Waals surface area contributed by atoms with Crippen molar-refractivity contribution in [2.75, 3.05) is 19.3 Å². The molecular formula is C10H19NO4S. The van der Waals surface area contributed by atoms with Gasteiger partial charge in [0.2, 0.25) is 5.91 Å². The molecule has 0 unspecified atom stereocenters. The molecule has 1 saturated heterocycles. The predicted octanol–water partition coefficient (Wildman–Crippen LogP) is -0.207. The highest BCUT2D eigenvalue weighted by Gasteiger charge is 2.42. The van der Waals surface area contributed by atoms with Crippen LogP contribution in [0.1, 0.15) is 26.7 Å². The number of aliphatic hydroxyl groups excluding tert-OH is 1. The summed E-state index contributed by atoms with van der Waals surface area (Å²) in [5.41, 5.74) is 0. The van der Waals surface area contributed by atoms with Crippen LogP contribution in [0, 0.1) is 0 Å². The Labute approximate surface area is 96.4 Å². The molecule has 5 nitrogen and oxygen atoms in total. The lowest BCUT2D eigenvalue weighted by atomic mass is 10.1. The van der Waals surface area contributed by atoms with Crippen molar-refractivity contribution in [3.63, 3.8) is 0 Å². The number of amides is 1. The summed E-state index contributed by atoms with van der Waals surface area (Å²) in [5.74, 6) is -0.422. The number of likely N-dealkylation sites (tertiary alicyclic amines) is 1. The van der Waals surface area contributed by atoms with Crippen LogP contribution >= 0.6 is 0 Å². The number of carbonyl (C=O) groups excluding carboxylic acids is 1. The normalized spacial score (nSPS) is 23.2. The van der Waals surface area contributed by atoms with Crippen LogP contribution in [0.4, 0.5) is 0 Å². The molecule has 0 aliphatic carbocycles. The molecule has 0 aromatic rings. The molecule has 1 rings (SSSR count). The molecule has 1 amide bonds. The Kier molecular flexibility index (Phi) is 3.64. The van der Waals surface area contributed by atoms with Gasteiger partial charge < -0.3 is 10.0 Å². The van der Waals surface area contributed by atoms with E-state index in [1.165, 1.54) is 18.7 Å². The Hall–Kier alpha value is -0.620. The molecule has 94 valence electrons. The summed E-state index contributed by atoms with van der Waals surface area (Å²) in [6, 6.07) is 0. The monoisotopic (exact) mass is 249 g/mol. The van der Waals surface area contributed by atoms with Gasteiger partial charge in [0.05, 0.1) is 6.10 Å². The summed E-state index contributed by atoms with van der Waals surface area (Å²) in [6.07, 6.45) is 1.91. The molecule has 1 aliphatic heterocycles. The third-order valence-electron chi connectivity index (χ3n) is 3.13. The van der Waals surface area contributed by atoms with E-state index in [2.05, 4.69) is 0 Å². The number of rotatable bonds is 2. The Balaban J connectivity index is 2.85. The lowest BCUT2D eigenvalue weighted by Gasteiger charge is -2.35. The standard InChI is InChI=1S/C10H19NO4S/c1-10(2,16(3,14)15)9(13)11-6-4-5-8(12)7-11/h8,12H,4-7H2,1-3H3/t8-/m0/s1. The lowest BCUT2D eigenvalue weighted by molar-refractivity contribution is -0.136. The minimum Gasteiger partial charge on any atom is -0.391 e. The highest BCUT2D eigenvalue weighted by atomic mass is 32.2. The molecule has 0 bridgehead atoms. The number of carbonyl (C=O) groups is 1. The number of β-amino-alcohol motifs (C(OH)–C–C–N with tert-alkyl or cyclic N) is 1. The van der Waals surface area contributed by atoms with Gasteiger partial charge in [0.1, 0.15) is 4.75 Å². The molecule has 0 aromatic carbocycles. The number of hydrogen-bond acceptors (Lipinski definition) is 4. The Morgan fingerprint density at radius 1 is 1.44 bits per heavy atom. The molecule has 1 fully saturated rings. The van der Waals surface area contributed by atoms with Crippen molar-refractivity contribution in [2.45, 2.75) is 37.5 Å². The van der Waals surface area contributed by atoms with Crippen LogP contribution in [-0.4, -0.2) is 54.5 Å². The largest absolute Gasteiger partial charge is 0.391 e. The first-order valence-electron chi connectivity index (χ1n) is 5.33. The summed E-state index contributed by atoms with van der Waals surface area (Å²) in [4.78, 5) is 13.5. The third-order valence-corrected chi connectivity index (χ3v) is 5.15. The van der Waals surface area contributed by atoms with E-state index in [0.29, 0.717) is 19.4 Å². The Bertz CT molecular complexity index is 374. The fourth-order valence-corrected chi connectivity index (χ4v) is 2.12. The minimum atomic E-state index is -3.44. The SMILES string of the molecule is CC(C)(C(=O)N1CCC[C@H](O)C1)S(C)(=O)=O. The average Bonchev–Trinajstić information content (AvgIpc) is 2.14. The maximum absolute atomic E-state index is 12.0. The van der Waals surface area contributed by atoms with E-state index in [0.717, 1.165) is 6.26 Å². The van der Waals surface area contributed by atoms with Crippen molar-refractivity contribution < 1.29 is 18.3 Å². The zero-order valence-electron chi connectivity index (χ0n) is 9.93. The fourth-order valence-electron chi connectivity index (χ4n) is 1.68. The van der Waals surface area contributed by atoms with E-state index < -0.39 is 26.6 Å². The minimum absolute atomic E-state index is 0.234. The average molecular weight is 249 g/mol. The van der Waals surface area contributed by atoms with Crippen LogP contribution in [-0.2, 0) is 14.6 Å². The number of sulfone groups is 1.